The fourth-order valence-electron chi connectivity index (χ4n) is 7.54. The Hall–Kier alpha value is -6.83. The van der Waals surface area contributed by atoms with Crippen molar-refractivity contribution in [2.45, 2.75) is 0 Å². The highest BCUT2D eigenvalue weighted by atomic mass is 32.1. The third kappa shape index (κ3) is 4.46. The van der Waals surface area contributed by atoms with Gasteiger partial charge in [-0.15, -0.1) is 11.3 Å². The molecule has 0 atom stereocenters. The lowest BCUT2D eigenvalue weighted by atomic mass is 9.96. The molecule has 11 rings (SSSR count). The van der Waals surface area contributed by atoms with Crippen LogP contribution in [-0.2, 0) is 0 Å². The zero-order valence-corrected chi connectivity index (χ0v) is 28.4. The standard InChI is InChI=1S/C45H26N6S/c1-3-11-27(12-4-1)43-48-44(28-13-5-2-6-14-28)50-45(49-43)51-37-17-9-7-15-31(37)35-23-29(19-20-38(35)51)33-24-30-25-36-32-16-8-10-18-39(32)52-40(36)26-34(30)42-41(33)46-21-22-47-42/h1-26H. The second kappa shape index (κ2) is 11.3. The number of benzene rings is 7. The van der Waals surface area contributed by atoms with Crippen molar-refractivity contribution in [2.75, 3.05) is 0 Å². The van der Waals surface area contributed by atoms with E-state index in [4.69, 9.17) is 24.9 Å². The first-order valence-electron chi connectivity index (χ1n) is 17.2. The number of hydrogen-bond donors (Lipinski definition) is 0. The average Bonchev–Trinajstić information content (AvgIpc) is 3.75. The summed E-state index contributed by atoms with van der Waals surface area (Å²) in [6.07, 6.45) is 3.58. The van der Waals surface area contributed by atoms with Crippen LogP contribution in [0.1, 0.15) is 0 Å². The van der Waals surface area contributed by atoms with Gasteiger partial charge in [0.1, 0.15) is 0 Å². The lowest BCUT2D eigenvalue weighted by Gasteiger charge is -2.12. The Balaban J connectivity index is 1.15. The number of para-hydroxylation sites is 1. The molecule has 0 saturated heterocycles. The maximum atomic E-state index is 5.09. The second-order valence-corrected chi connectivity index (χ2v) is 14.0. The highest BCUT2D eigenvalue weighted by Gasteiger charge is 2.20. The van der Waals surface area contributed by atoms with Gasteiger partial charge in [-0.2, -0.15) is 9.97 Å². The Bertz CT molecular complexity index is 3130. The summed E-state index contributed by atoms with van der Waals surface area (Å²) in [6.45, 7) is 0. The summed E-state index contributed by atoms with van der Waals surface area (Å²) in [5.41, 5.74) is 7.81. The molecule has 11 aromatic rings. The normalized spacial score (nSPS) is 11.8. The minimum Gasteiger partial charge on any atom is -0.278 e. The zero-order valence-electron chi connectivity index (χ0n) is 27.6. The number of thiophene rings is 1. The zero-order chi connectivity index (χ0) is 34.2. The quantitative estimate of drug-likeness (QED) is 0.173. The molecule has 0 aliphatic rings. The molecule has 0 saturated carbocycles. The summed E-state index contributed by atoms with van der Waals surface area (Å²) < 4.78 is 4.70. The van der Waals surface area contributed by atoms with Crippen molar-refractivity contribution in [1.29, 1.82) is 0 Å². The second-order valence-electron chi connectivity index (χ2n) is 12.9. The Kier molecular flexibility index (Phi) is 6.32. The first-order chi connectivity index (χ1) is 25.8. The summed E-state index contributed by atoms with van der Waals surface area (Å²) in [6, 6.07) is 50.8. The summed E-state index contributed by atoms with van der Waals surface area (Å²) in [5.74, 6) is 1.82. The number of hydrogen-bond acceptors (Lipinski definition) is 6. The van der Waals surface area contributed by atoms with Gasteiger partial charge in [0.05, 0.1) is 22.1 Å². The fourth-order valence-corrected chi connectivity index (χ4v) is 8.67. The molecule has 0 spiro atoms. The van der Waals surface area contributed by atoms with E-state index in [1.54, 1.807) is 12.4 Å². The minimum absolute atomic E-state index is 0.570. The third-order valence-corrected chi connectivity index (χ3v) is 11.1. The molecule has 0 aliphatic carbocycles. The molecule has 7 aromatic carbocycles. The van der Waals surface area contributed by atoms with E-state index in [1.807, 2.05) is 72.0 Å². The molecule has 0 radical (unpaired) electrons. The van der Waals surface area contributed by atoms with Gasteiger partial charge in [-0.1, -0.05) is 103 Å². The molecule has 52 heavy (non-hydrogen) atoms. The number of rotatable bonds is 4. The van der Waals surface area contributed by atoms with Gasteiger partial charge in [0.15, 0.2) is 11.6 Å². The van der Waals surface area contributed by atoms with E-state index >= 15 is 0 Å². The number of aromatic nitrogens is 6. The number of fused-ring (bicyclic) bond motifs is 9. The van der Waals surface area contributed by atoms with E-state index in [1.165, 1.54) is 20.2 Å². The topological polar surface area (TPSA) is 69.4 Å². The van der Waals surface area contributed by atoms with Crippen LogP contribution in [0.25, 0.3) is 104 Å². The predicted octanol–water partition coefficient (Wildman–Crippen LogP) is 11.4. The van der Waals surface area contributed by atoms with Crippen molar-refractivity contribution in [3.8, 4) is 39.9 Å². The highest BCUT2D eigenvalue weighted by Crippen LogP contribution is 2.41. The Labute approximate surface area is 301 Å². The van der Waals surface area contributed by atoms with Gasteiger partial charge in [0.25, 0.3) is 0 Å². The van der Waals surface area contributed by atoms with E-state index in [9.17, 15) is 0 Å². The summed E-state index contributed by atoms with van der Waals surface area (Å²) in [4.78, 5) is 24.9. The van der Waals surface area contributed by atoms with Crippen LogP contribution in [0, 0.1) is 0 Å². The van der Waals surface area contributed by atoms with Gasteiger partial charge in [-0.05, 0) is 53.4 Å². The lowest BCUT2D eigenvalue weighted by molar-refractivity contribution is 0.953. The van der Waals surface area contributed by atoms with Crippen LogP contribution >= 0.6 is 11.3 Å². The smallest absolute Gasteiger partial charge is 0.238 e. The van der Waals surface area contributed by atoms with Crippen molar-refractivity contribution < 1.29 is 0 Å². The van der Waals surface area contributed by atoms with Crippen molar-refractivity contribution in [3.63, 3.8) is 0 Å². The molecular formula is C45H26N6S. The van der Waals surface area contributed by atoms with Crippen LogP contribution in [0.4, 0.5) is 0 Å². The molecule has 0 aliphatic heterocycles. The van der Waals surface area contributed by atoms with Crippen LogP contribution in [-0.4, -0.2) is 29.5 Å². The van der Waals surface area contributed by atoms with E-state index in [0.717, 1.165) is 65.9 Å². The summed E-state index contributed by atoms with van der Waals surface area (Å²) >= 11 is 1.82. The van der Waals surface area contributed by atoms with Gasteiger partial charge < -0.3 is 0 Å². The van der Waals surface area contributed by atoms with Crippen LogP contribution in [0.5, 0.6) is 0 Å². The average molecular weight is 683 g/mol. The molecule has 4 aromatic heterocycles. The van der Waals surface area contributed by atoms with Gasteiger partial charge in [-0.3, -0.25) is 14.5 Å². The first kappa shape index (κ1) is 29.0. The molecule has 7 heteroatoms. The maximum absolute atomic E-state index is 5.09. The fraction of sp³-hybridized carbons (Fsp3) is 0. The van der Waals surface area contributed by atoms with Crippen molar-refractivity contribution in [2.24, 2.45) is 0 Å². The third-order valence-electron chi connectivity index (χ3n) is 9.93. The largest absolute Gasteiger partial charge is 0.278 e. The molecule has 0 amide bonds. The van der Waals surface area contributed by atoms with Crippen molar-refractivity contribution in [3.05, 3.63) is 158 Å². The van der Waals surface area contributed by atoms with Crippen LogP contribution in [0.15, 0.2) is 158 Å². The van der Waals surface area contributed by atoms with E-state index < -0.39 is 0 Å². The van der Waals surface area contributed by atoms with E-state index in [2.05, 4.69) is 89.5 Å². The van der Waals surface area contributed by atoms with E-state index in [0.29, 0.717) is 17.6 Å². The molecule has 0 fully saturated rings. The summed E-state index contributed by atoms with van der Waals surface area (Å²) in [5, 5.41) is 7.03. The van der Waals surface area contributed by atoms with Gasteiger partial charge in [0.2, 0.25) is 5.95 Å². The Morgan fingerprint density at radius 3 is 1.85 bits per heavy atom. The van der Waals surface area contributed by atoms with Gasteiger partial charge >= 0.3 is 0 Å². The van der Waals surface area contributed by atoms with Crippen molar-refractivity contribution in [1.82, 2.24) is 29.5 Å². The first-order valence-corrected chi connectivity index (χ1v) is 18.0. The molecule has 242 valence electrons. The number of nitrogens with zero attached hydrogens (tertiary/aromatic N) is 6. The molecule has 0 unspecified atom stereocenters. The lowest BCUT2D eigenvalue weighted by Crippen LogP contribution is -2.06. The highest BCUT2D eigenvalue weighted by molar-refractivity contribution is 7.25. The Morgan fingerprint density at radius 2 is 1.08 bits per heavy atom. The predicted molar refractivity (Wildman–Crippen MR) is 214 cm³/mol. The molecular weight excluding hydrogens is 657 g/mol. The van der Waals surface area contributed by atoms with Crippen molar-refractivity contribution >= 4 is 75.1 Å². The molecule has 0 N–H and O–H groups in total. The monoisotopic (exact) mass is 682 g/mol. The van der Waals surface area contributed by atoms with Gasteiger partial charge in [-0.25, -0.2) is 4.98 Å². The van der Waals surface area contributed by atoms with Crippen LogP contribution in [0.2, 0.25) is 0 Å². The summed E-state index contributed by atoms with van der Waals surface area (Å²) in [7, 11) is 0. The minimum atomic E-state index is 0.570. The molecule has 0 bridgehead atoms. The molecule has 6 nitrogen and oxygen atoms in total. The Morgan fingerprint density at radius 1 is 0.423 bits per heavy atom. The SMILES string of the molecule is c1ccc(-c2nc(-c3ccccc3)nc(-n3c4ccccc4c4cc(-c5cc6cc7c(cc6c6nccnc56)sc5ccccc57)ccc43)n2)cc1. The molecule has 4 heterocycles. The van der Waals surface area contributed by atoms with Gasteiger partial charge in [0, 0.05) is 65.4 Å². The van der Waals surface area contributed by atoms with E-state index in [-0.39, 0.29) is 0 Å². The van der Waals surface area contributed by atoms with Crippen LogP contribution in [0.3, 0.4) is 0 Å². The maximum Gasteiger partial charge on any atom is 0.238 e. The van der Waals surface area contributed by atoms with Crippen LogP contribution < -0.4 is 0 Å².